The summed E-state index contributed by atoms with van der Waals surface area (Å²) in [6, 6.07) is 3.80. The van der Waals surface area contributed by atoms with E-state index in [2.05, 4.69) is 16.6 Å². The SMILES string of the molecule is CSCCNCc1ccc(Cl)nc1. The molecule has 0 aromatic carbocycles. The fourth-order valence-electron chi connectivity index (χ4n) is 0.918. The second kappa shape index (κ2) is 6.24. The number of nitrogens with one attached hydrogen (secondary N) is 1. The van der Waals surface area contributed by atoms with Crippen LogP contribution in [0.4, 0.5) is 0 Å². The quantitative estimate of drug-likeness (QED) is 0.604. The van der Waals surface area contributed by atoms with Crippen molar-refractivity contribution in [3.8, 4) is 0 Å². The van der Waals surface area contributed by atoms with Gasteiger partial charge in [-0.1, -0.05) is 17.7 Å². The Morgan fingerprint density at radius 2 is 2.38 bits per heavy atom. The van der Waals surface area contributed by atoms with Crippen LogP contribution in [0.25, 0.3) is 0 Å². The molecule has 0 aliphatic carbocycles. The average Bonchev–Trinajstić information content (AvgIpc) is 2.15. The van der Waals surface area contributed by atoms with Crippen LogP contribution in [0.2, 0.25) is 5.15 Å². The molecule has 1 aromatic rings. The van der Waals surface area contributed by atoms with Gasteiger partial charge in [0.05, 0.1) is 0 Å². The highest BCUT2D eigenvalue weighted by atomic mass is 35.5. The fraction of sp³-hybridized carbons (Fsp3) is 0.444. The molecule has 0 atom stereocenters. The molecule has 1 N–H and O–H groups in total. The Hall–Kier alpha value is -0.250. The lowest BCUT2D eigenvalue weighted by atomic mass is 10.3. The van der Waals surface area contributed by atoms with Crippen molar-refractivity contribution in [3.63, 3.8) is 0 Å². The number of pyridine rings is 1. The van der Waals surface area contributed by atoms with Crippen molar-refractivity contribution >= 4 is 23.4 Å². The van der Waals surface area contributed by atoms with Crippen molar-refractivity contribution in [3.05, 3.63) is 29.0 Å². The van der Waals surface area contributed by atoms with E-state index in [1.807, 2.05) is 23.9 Å². The van der Waals surface area contributed by atoms with Crippen molar-refractivity contribution in [2.24, 2.45) is 0 Å². The van der Waals surface area contributed by atoms with Gasteiger partial charge < -0.3 is 5.32 Å². The van der Waals surface area contributed by atoms with Crippen LogP contribution in [0, 0.1) is 0 Å². The molecule has 1 heterocycles. The van der Waals surface area contributed by atoms with E-state index >= 15 is 0 Å². The summed E-state index contributed by atoms with van der Waals surface area (Å²) >= 11 is 7.50. The lowest BCUT2D eigenvalue weighted by Gasteiger charge is -2.02. The van der Waals surface area contributed by atoms with Crippen molar-refractivity contribution in [1.82, 2.24) is 10.3 Å². The minimum atomic E-state index is 0.549. The first-order valence-corrected chi connectivity index (χ1v) is 5.90. The first kappa shape index (κ1) is 10.8. The van der Waals surface area contributed by atoms with Crippen LogP contribution in [0.15, 0.2) is 18.3 Å². The number of halogens is 1. The molecule has 1 aromatic heterocycles. The standard InChI is InChI=1S/C9H13ClN2S/c1-13-5-4-11-6-8-2-3-9(10)12-7-8/h2-3,7,11H,4-6H2,1H3. The molecule has 0 amide bonds. The zero-order valence-electron chi connectivity index (χ0n) is 7.59. The van der Waals surface area contributed by atoms with Crippen LogP contribution in [-0.2, 0) is 6.54 Å². The lowest BCUT2D eigenvalue weighted by molar-refractivity contribution is 0.730. The highest BCUT2D eigenvalue weighted by Crippen LogP contribution is 2.04. The second-order valence-electron chi connectivity index (χ2n) is 2.66. The number of nitrogens with zero attached hydrogens (tertiary/aromatic N) is 1. The van der Waals surface area contributed by atoms with Crippen molar-refractivity contribution in [2.45, 2.75) is 6.54 Å². The van der Waals surface area contributed by atoms with Gasteiger partial charge in [-0.2, -0.15) is 11.8 Å². The minimum absolute atomic E-state index is 0.549. The molecule has 0 radical (unpaired) electrons. The van der Waals surface area contributed by atoms with E-state index in [-0.39, 0.29) is 0 Å². The largest absolute Gasteiger partial charge is 0.312 e. The van der Waals surface area contributed by atoms with Crippen molar-refractivity contribution in [1.29, 1.82) is 0 Å². The van der Waals surface area contributed by atoms with Gasteiger partial charge >= 0.3 is 0 Å². The van der Waals surface area contributed by atoms with E-state index in [4.69, 9.17) is 11.6 Å². The molecule has 0 aliphatic rings. The van der Waals surface area contributed by atoms with Gasteiger partial charge in [-0.25, -0.2) is 4.98 Å². The summed E-state index contributed by atoms with van der Waals surface area (Å²) in [5.74, 6) is 1.14. The van der Waals surface area contributed by atoms with Gasteiger partial charge in [0.15, 0.2) is 0 Å². The molecule has 1 rings (SSSR count). The molecule has 72 valence electrons. The van der Waals surface area contributed by atoms with Gasteiger partial charge in [0.2, 0.25) is 0 Å². The number of hydrogen-bond acceptors (Lipinski definition) is 3. The third kappa shape index (κ3) is 4.50. The minimum Gasteiger partial charge on any atom is -0.312 e. The Balaban J connectivity index is 2.25. The van der Waals surface area contributed by atoms with Crippen molar-refractivity contribution in [2.75, 3.05) is 18.6 Å². The molecule has 13 heavy (non-hydrogen) atoms. The molecule has 0 saturated heterocycles. The predicted octanol–water partition coefficient (Wildman–Crippen LogP) is 2.19. The van der Waals surface area contributed by atoms with Gasteiger partial charge in [0.1, 0.15) is 5.15 Å². The Morgan fingerprint density at radius 3 is 3.00 bits per heavy atom. The van der Waals surface area contributed by atoms with Crippen LogP contribution in [0.5, 0.6) is 0 Å². The van der Waals surface area contributed by atoms with Gasteiger partial charge in [-0.05, 0) is 17.9 Å². The van der Waals surface area contributed by atoms with Crippen LogP contribution in [-0.4, -0.2) is 23.5 Å². The van der Waals surface area contributed by atoms with E-state index in [9.17, 15) is 0 Å². The summed E-state index contributed by atoms with van der Waals surface area (Å²) < 4.78 is 0. The number of hydrogen-bond donors (Lipinski definition) is 1. The van der Waals surface area contributed by atoms with E-state index in [1.54, 1.807) is 6.20 Å². The maximum atomic E-state index is 5.66. The van der Waals surface area contributed by atoms with Crippen LogP contribution in [0.3, 0.4) is 0 Å². The molecule has 0 aliphatic heterocycles. The third-order valence-corrected chi connectivity index (χ3v) is 2.44. The molecule has 4 heteroatoms. The van der Waals surface area contributed by atoms with E-state index < -0.39 is 0 Å². The molecular formula is C9H13ClN2S. The predicted molar refractivity (Wildman–Crippen MR) is 59.3 cm³/mol. The van der Waals surface area contributed by atoms with Gasteiger partial charge in [-0.15, -0.1) is 0 Å². The third-order valence-electron chi connectivity index (χ3n) is 1.60. The fourth-order valence-corrected chi connectivity index (χ4v) is 1.38. The average molecular weight is 217 g/mol. The highest BCUT2D eigenvalue weighted by molar-refractivity contribution is 7.98. The molecule has 2 nitrogen and oxygen atoms in total. The van der Waals surface area contributed by atoms with E-state index in [0.717, 1.165) is 18.8 Å². The van der Waals surface area contributed by atoms with E-state index in [1.165, 1.54) is 5.56 Å². The zero-order valence-corrected chi connectivity index (χ0v) is 9.16. The monoisotopic (exact) mass is 216 g/mol. The van der Waals surface area contributed by atoms with Crippen LogP contribution >= 0.6 is 23.4 Å². The number of thioether (sulfide) groups is 1. The summed E-state index contributed by atoms with van der Waals surface area (Å²) in [5, 5.41) is 3.87. The summed E-state index contributed by atoms with van der Waals surface area (Å²) in [4.78, 5) is 4.00. The van der Waals surface area contributed by atoms with Gasteiger partial charge in [0.25, 0.3) is 0 Å². The topological polar surface area (TPSA) is 24.9 Å². The molecular weight excluding hydrogens is 204 g/mol. The summed E-state index contributed by atoms with van der Waals surface area (Å²) in [6.45, 7) is 1.90. The van der Waals surface area contributed by atoms with E-state index in [0.29, 0.717) is 5.15 Å². The Morgan fingerprint density at radius 1 is 1.54 bits per heavy atom. The number of aromatic nitrogens is 1. The summed E-state index contributed by atoms with van der Waals surface area (Å²) in [7, 11) is 0. The Bertz CT molecular complexity index is 238. The van der Waals surface area contributed by atoms with Crippen molar-refractivity contribution < 1.29 is 0 Å². The summed E-state index contributed by atoms with van der Waals surface area (Å²) in [5.41, 5.74) is 1.17. The molecule has 0 saturated carbocycles. The summed E-state index contributed by atoms with van der Waals surface area (Å²) in [6.07, 6.45) is 3.90. The highest BCUT2D eigenvalue weighted by Gasteiger charge is 1.92. The first-order valence-electron chi connectivity index (χ1n) is 4.13. The molecule has 0 unspecified atom stereocenters. The smallest absolute Gasteiger partial charge is 0.129 e. The molecule has 0 bridgehead atoms. The van der Waals surface area contributed by atoms with Gasteiger partial charge in [-0.3, -0.25) is 0 Å². The Labute approximate surface area is 88.1 Å². The zero-order chi connectivity index (χ0) is 9.52. The van der Waals surface area contributed by atoms with Crippen LogP contribution < -0.4 is 5.32 Å². The number of rotatable bonds is 5. The lowest BCUT2D eigenvalue weighted by Crippen LogP contribution is -2.16. The second-order valence-corrected chi connectivity index (χ2v) is 4.03. The normalized spacial score (nSPS) is 10.3. The Kier molecular flexibility index (Phi) is 5.20. The van der Waals surface area contributed by atoms with Gasteiger partial charge in [0, 0.05) is 25.0 Å². The maximum Gasteiger partial charge on any atom is 0.129 e. The molecule has 0 fully saturated rings. The first-order chi connectivity index (χ1) is 6.33. The van der Waals surface area contributed by atoms with Crippen LogP contribution in [0.1, 0.15) is 5.56 Å². The molecule has 0 spiro atoms. The maximum absolute atomic E-state index is 5.66.